The van der Waals surface area contributed by atoms with Gasteiger partial charge in [-0.05, 0) is 62.2 Å². The summed E-state index contributed by atoms with van der Waals surface area (Å²) in [6, 6.07) is 13.1. The smallest absolute Gasteiger partial charge is 0.251 e. The van der Waals surface area contributed by atoms with Gasteiger partial charge in [0.15, 0.2) is 0 Å². The molecular formula is C22H27N3O5S. The Hall–Kier alpha value is -2.91. The van der Waals surface area contributed by atoms with E-state index in [4.69, 9.17) is 4.74 Å². The van der Waals surface area contributed by atoms with E-state index in [1.165, 1.54) is 4.31 Å². The number of rotatable bonds is 7. The summed E-state index contributed by atoms with van der Waals surface area (Å²) in [6.07, 6.45) is 0.856. The molecule has 0 unspecified atom stereocenters. The molecule has 0 radical (unpaired) electrons. The predicted octanol–water partition coefficient (Wildman–Crippen LogP) is 2.48. The molecule has 0 bridgehead atoms. The Morgan fingerprint density at radius 2 is 1.77 bits per heavy atom. The van der Waals surface area contributed by atoms with E-state index in [0.717, 1.165) is 0 Å². The molecule has 1 heterocycles. The lowest BCUT2D eigenvalue weighted by Crippen LogP contribution is -2.41. The molecule has 1 aliphatic heterocycles. The van der Waals surface area contributed by atoms with E-state index in [2.05, 4.69) is 10.6 Å². The van der Waals surface area contributed by atoms with Gasteiger partial charge in [0.2, 0.25) is 15.9 Å². The van der Waals surface area contributed by atoms with Gasteiger partial charge in [-0.25, -0.2) is 8.42 Å². The van der Waals surface area contributed by atoms with E-state index in [1.54, 1.807) is 55.6 Å². The van der Waals surface area contributed by atoms with Gasteiger partial charge in [0, 0.05) is 37.3 Å². The van der Waals surface area contributed by atoms with Crippen molar-refractivity contribution in [1.29, 1.82) is 0 Å². The van der Waals surface area contributed by atoms with Crippen LogP contribution in [0.4, 0.5) is 5.69 Å². The molecule has 1 fully saturated rings. The van der Waals surface area contributed by atoms with Crippen molar-refractivity contribution in [1.82, 2.24) is 9.62 Å². The van der Waals surface area contributed by atoms with Crippen molar-refractivity contribution < 1.29 is 22.7 Å². The van der Waals surface area contributed by atoms with Gasteiger partial charge in [0.1, 0.15) is 5.75 Å². The van der Waals surface area contributed by atoms with Crippen molar-refractivity contribution in [3.63, 3.8) is 0 Å². The number of amides is 2. The van der Waals surface area contributed by atoms with Crippen LogP contribution in [0.25, 0.3) is 0 Å². The summed E-state index contributed by atoms with van der Waals surface area (Å²) in [6.45, 7) is 2.92. The monoisotopic (exact) mass is 445 g/mol. The molecule has 3 rings (SSSR count). The number of anilines is 1. The first-order valence-corrected chi connectivity index (χ1v) is 11.6. The highest BCUT2D eigenvalue weighted by Gasteiger charge is 2.32. The second-order valence-electron chi connectivity index (χ2n) is 7.23. The molecule has 0 atom stereocenters. The van der Waals surface area contributed by atoms with Crippen LogP contribution >= 0.6 is 0 Å². The molecule has 9 heteroatoms. The van der Waals surface area contributed by atoms with Crippen molar-refractivity contribution in [3.05, 3.63) is 54.1 Å². The Bertz CT molecular complexity index is 1030. The normalized spacial score (nSPS) is 15.3. The van der Waals surface area contributed by atoms with Crippen LogP contribution in [0.15, 0.2) is 53.4 Å². The van der Waals surface area contributed by atoms with E-state index in [-0.39, 0.29) is 35.7 Å². The average Bonchev–Trinajstić information content (AvgIpc) is 2.79. The number of benzene rings is 2. The van der Waals surface area contributed by atoms with Gasteiger partial charge >= 0.3 is 0 Å². The Morgan fingerprint density at radius 3 is 2.39 bits per heavy atom. The van der Waals surface area contributed by atoms with E-state index in [0.29, 0.717) is 36.4 Å². The molecule has 2 aromatic carbocycles. The van der Waals surface area contributed by atoms with Crippen molar-refractivity contribution >= 4 is 27.5 Å². The van der Waals surface area contributed by atoms with Crippen LogP contribution in [-0.4, -0.2) is 51.3 Å². The maximum Gasteiger partial charge on any atom is 0.251 e. The Labute approximate surface area is 182 Å². The van der Waals surface area contributed by atoms with E-state index < -0.39 is 10.0 Å². The molecule has 2 N–H and O–H groups in total. The third kappa shape index (κ3) is 5.42. The quantitative estimate of drug-likeness (QED) is 0.681. The van der Waals surface area contributed by atoms with Gasteiger partial charge in [-0.2, -0.15) is 4.31 Å². The number of nitrogens with zero attached hydrogens (tertiary/aromatic N) is 1. The molecule has 166 valence electrons. The van der Waals surface area contributed by atoms with E-state index >= 15 is 0 Å². The lowest BCUT2D eigenvalue weighted by molar-refractivity contribution is -0.120. The summed E-state index contributed by atoms with van der Waals surface area (Å²) < 4.78 is 32.6. The molecule has 0 aromatic heterocycles. The summed E-state index contributed by atoms with van der Waals surface area (Å²) in [5.41, 5.74) is 0.993. The van der Waals surface area contributed by atoms with Gasteiger partial charge < -0.3 is 15.4 Å². The Morgan fingerprint density at radius 1 is 1.10 bits per heavy atom. The van der Waals surface area contributed by atoms with Crippen LogP contribution in [0.1, 0.15) is 30.1 Å². The number of sulfonamides is 1. The fourth-order valence-corrected chi connectivity index (χ4v) is 4.98. The number of piperidine rings is 1. The Kier molecular flexibility index (Phi) is 7.29. The maximum absolute atomic E-state index is 12.9. The third-order valence-corrected chi connectivity index (χ3v) is 7.13. The molecule has 1 aliphatic rings. The van der Waals surface area contributed by atoms with Crippen LogP contribution < -0.4 is 15.4 Å². The van der Waals surface area contributed by atoms with Crippen LogP contribution in [0.5, 0.6) is 5.75 Å². The minimum atomic E-state index is -3.62. The summed E-state index contributed by atoms with van der Waals surface area (Å²) in [5, 5.41) is 5.38. The molecule has 0 aliphatic carbocycles. The molecule has 2 aromatic rings. The van der Waals surface area contributed by atoms with Gasteiger partial charge in [0.25, 0.3) is 5.91 Å². The number of carbonyl (C=O) groups excluding carboxylic acids is 2. The highest BCUT2D eigenvalue weighted by atomic mass is 32.2. The second-order valence-corrected chi connectivity index (χ2v) is 9.17. The number of ether oxygens (including phenoxy) is 1. The summed E-state index contributed by atoms with van der Waals surface area (Å²) in [5.74, 6) is -0.0798. The molecule has 1 saturated heterocycles. The zero-order chi connectivity index (χ0) is 22.4. The van der Waals surface area contributed by atoms with Gasteiger partial charge in [0.05, 0.1) is 11.5 Å². The topological polar surface area (TPSA) is 105 Å². The van der Waals surface area contributed by atoms with E-state index in [9.17, 15) is 18.0 Å². The van der Waals surface area contributed by atoms with Crippen molar-refractivity contribution in [2.45, 2.75) is 24.7 Å². The molecule has 31 heavy (non-hydrogen) atoms. The highest BCUT2D eigenvalue weighted by molar-refractivity contribution is 7.89. The standard InChI is InChI=1S/C22H27N3O5S/c1-3-30-19-7-9-20(10-8-19)31(28,29)25-13-11-16(12-14-25)22(27)24-18-6-4-5-17(15-18)21(26)23-2/h4-10,15-16H,3,11-14H2,1-2H3,(H,23,26)(H,24,27). The van der Waals surface area contributed by atoms with Crippen molar-refractivity contribution in [3.8, 4) is 5.75 Å². The lowest BCUT2D eigenvalue weighted by atomic mass is 9.97. The zero-order valence-corrected chi connectivity index (χ0v) is 18.4. The third-order valence-electron chi connectivity index (χ3n) is 5.22. The number of nitrogens with one attached hydrogen (secondary N) is 2. The first-order chi connectivity index (χ1) is 14.8. The number of hydrogen-bond acceptors (Lipinski definition) is 5. The molecule has 2 amide bonds. The molecule has 8 nitrogen and oxygen atoms in total. The van der Waals surface area contributed by atoms with Crippen molar-refractivity contribution in [2.24, 2.45) is 5.92 Å². The SMILES string of the molecule is CCOc1ccc(S(=O)(=O)N2CCC(C(=O)Nc3cccc(C(=O)NC)c3)CC2)cc1. The largest absolute Gasteiger partial charge is 0.494 e. The summed E-state index contributed by atoms with van der Waals surface area (Å²) in [4.78, 5) is 24.6. The first-order valence-electron chi connectivity index (χ1n) is 10.2. The predicted molar refractivity (Wildman–Crippen MR) is 118 cm³/mol. The first kappa shape index (κ1) is 22.8. The van der Waals surface area contributed by atoms with Crippen molar-refractivity contribution in [2.75, 3.05) is 32.1 Å². The number of carbonyl (C=O) groups is 2. The molecule has 0 saturated carbocycles. The molecular weight excluding hydrogens is 418 g/mol. The van der Waals surface area contributed by atoms with Crippen LogP contribution in [0.3, 0.4) is 0 Å². The minimum Gasteiger partial charge on any atom is -0.494 e. The fraction of sp³-hybridized carbons (Fsp3) is 0.364. The highest BCUT2D eigenvalue weighted by Crippen LogP contribution is 2.26. The number of hydrogen-bond donors (Lipinski definition) is 2. The second kappa shape index (κ2) is 9.93. The average molecular weight is 446 g/mol. The lowest BCUT2D eigenvalue weighted by Gasteiger charge is -2.30. The van der Waals surface area contributed by atoms with E-state index in [1.807, 2.05) is 6.92 Å². The summed E-state index contributed by atoms with van der Waals surface area (Å²) in [7, 11) is -2.07. The van der Waals surface area contributed by atoms with Crippen LogP contribution in [-0.2, 0) is 14.8 Å². The maximum atomic E-state index is 12.9. The zero-order valence-electron chi connectivity index (χ0n) is 17.6. The van der Waals surface area contributed by atoms with Gasteiger partial charge in [-0.15, -0.1) is 0 Å². The van der Waals surface area contributed by atoms with Gasteiger partial charge in [-0.3, -0.25) is 9.59 Å². The van der Waals surface area contributed by atoms with Crippen LogP contribution in [0, 0.1) is 5.92 Å². The fourth-order valence-electron chi connectivity index (χ4n) is 3.51. The molecule has 0 spiro atoms. The Balaban J connectivity index is 1.59. The van der Waals surface area contributed by atoms with Crippen LogP contribution in [0.2, 0.25) is 0 Å². The minimum absolute atomic E-state index is 0.174. The summed E-state index contributed by atoms with van der Waals surface area (Å²) >= 11 is 0. The van der Waals surface area contributed by atoms with Gasteiger partial charge in [-0.1, -0.05) is 6.07 Å².